The van der Waals surface area contributed by atoms with Crippen molar-refractivity contribution in [2.75, 3.05) is 25.6 Å². The van der Waals surface area contributed by atoms with Gasteiger partial charge in [0.05, 0.1) is 12.6 Å². The van der Waals surface area contributed by atoms with Crippen LogP contribution in [0.5, 0.6) is 0 Å². The minimum absolute atomic E-state index is 0.0919. The van der Waals surface area contributed by atoms with Gasteiger partial charge in [-0.2, -0.15) is 0 Å². The molecule has 14 heavy (non-hydrogen) atoms. The summed E-state index contributed by atoms with van der Waals surface area (Å²) in [5.74, 6) is 0.782. The first kappa shape index (κ1) is 10.9. The molecule has 1 aromatic heterocycles. The number of rotatable bonds is 5. The van der Waals surface area contributed by atoms with Gasteiger partial charge in [0.2, 0.25) is 0 Å². The highest BCUT2D eigenvalue weighted by Crippen LogP contribution is 2.04. The number of aromatic nitrogens is 2. The van der Waals surface area contributed by atoms with E-state index in [1.165, 1.54) is 6.33 Å². The summed E-state index contributed by atoms with van der Waals surface area (Å²) in [4.78, 5) is 8.08. The van der Waals surface area contributed by atoms with Crippen LogP contribution < -0.4 is 11.1 Å². The molecule has 1 heterocycles. The molecule has 1 unspecified atom stereocenters. The van der Waals surface area contributed by atoms with Gasteiger partial charge in [-0.1, -0.05) is 0 Å². The normalized spacial score (nSPS) is 12.5. The van der Waals surface area contributed by atoms with E-state index in [0.717, 1.165) is 11.5 Å². The van der Waals surface area contributed by atoms with Crippen LogP contribution in [0.4, 0.5) is 5.82 Å². The van der Waals surface area contributed by atoms with Crippen molar-refractivity contribution in [1.82, 2.24) is 9.97 Å². The second-order valence-electron chi connectivity index (χ2n) is 3.08. The molecule has 0 aliphatic heterocycles. The third-order valence-corrected chi connectivity index (χ3v) is 1.81. The van der Waals surface area contributed by atoms with Crippen LogP contribution in [0, 0.1) is 6.92 Å². The van der Waals surface area contributed by atoms with Crippen LogP contribution in [0.25, 0.3) is 0 Å². The van der Waals surface area contributed by atoms with Crippen molar-refractivity contribution in [2.24, 2.45) is 5.73 Å². The average molecular weight is 196 g/mol. The quantitative estimate of drug-likeness (QED) is 0.702. The van der Waals surface area contributed by atoms with Gasteiger partial charge in [-0.15, -0.1) is 0 Å². The van der Waals surface area contributed by atoms with Crippen LogP contribution >= 0.6 is 0 Å². The fourth-order valence-electron chi connectivity index (χ4n) is 1.11. The van der Waals surface area contributed by atoms with E-state index in [4.69, 9.17) is 10.5 Å². The predicted molar refractivity (Wildman–Crippen MR) is 55.1 cm³/mol. The third kappa shape index (κ3) is 3.27. The molecule has 78 valence electrons. The fraction of sp³-hybridized carbons (Fsp3) is 0.556. The van der Waals surface area contributed by atoms with Gasteiger partial charge in [0.1, 0.15) is 12.1 Å². The van der Waals surface area contributed by atoms with Crippen LogP contribution in [-0.2, 0) is 4.74 Å². The Hall–Kier alpha value is -1.20. The zero-order valence-corrected chi connectivity index (χ0v) is 8.53. The van der Waals surface area contributed by atoms with Crippen LogP contribution in [0.15, 0.2) is 12.4 Å². The molecule has 0 aliphatic rings. The maximum Gasteiger partial charge on any atom is 0.129 e. The Kier molecular flexibility index (Phi) is 4.28. The lowest BCUT2D eigenvalue weighted by molar-refractivity contribution is 0.187. The number of anilines is 1. The van der Waals surface area contributed by atoms with E-state index in [1.54, 1.807) is 7.11 Å². The van der Waals surface area contributed by atoms with Gasteiger partial charge < -0.3 is 15.8 Å². The summed E-state index contributed by atoms with van der Waals surface area (Å²) >= 11 is 0. The molecule has 0 spiro atoms. The molecule has 0 amide bonds. The van der Waals surface area contributed by atoms with Gasteiger partial charge in [-0.25, -0.2) is 9.97 Å². The second kappa shape index (κ2) is 5.51. The number of aryl methyl sites for hydroxylation is 1. The lowest BCUT2D eigenvalue weighted by Crippen LogP contribution is -2.33. The lowest BCUT2D eigenvalue weighted by atomic mass is 10.3. The first-order valence-corrected chi connectivity index (χ1v) is 4.50. The van der Waals surface area contributed by atoms with Crippen molar-refractivity contribution >= 4 is 5.82 Å². The number of hydrogen-bond acceptors (Lipinski definition) is 5. The Labute approximate surface area is 83.7 Å². The molecule has 3 N–H and O–H groups in total. The second-order valence-corrected chi connectivity index (χ2v) is 3.08. The number of nitrogens with two attached hydrogens (primary N) is 1. The molecular formula is C9H16N4O. The minimum atomic E-state index is 0.0919. The number of hydrogen-bond donors (Lipinski definition) is 2. The Morgan fingerprint density at radius 2 is 2.36 bits per heavy atom. The molecule has 5 heteroatoms. The first-order valence-electron chi connectivity index (χ1n) is 4.50. The van der Waals surface area contributed by atoms with Crippen molar-refractivity contribution < 1.29 is 4.74 Å². The predicted octanol–water partition coefficient (Wildman–Crippen LogP) is 0.171. The Morgan fingerprint density at radius 3 is 2.93 bits per heavy atom. The molecule has 1 atom stereocenters. The molecule has 1 rings (SSSR count). The molecule has 5 nitrogen and oxygen atoms in total. The molecular weight excluding hydrogens is 180 g/mol. The fourth-order valence-corrected chi connectivity index (χ4v) is 1.11. The number of methoxy groups -OCH3 is 1. The van der Waals surface area contributed by atoms with Gasteiger partial charge in [-0.05, 0) is 6.92 Å². The van der Waals surface area contributed by atoms with Gasteiger partial charge >= 0.3 is 0 Å². The smallest absolute Gasteiger partial charge is 0.129 e. The summed E-state index contributed by atoms with van der Waals surface area (Å²) in [6.45, 7) is 3.00. The van der Waals surface area contributed by atoms with Crippen molar-refractivity contribution in [3.63, 3.8) is 0 Å². The molecule has 0 aliphatic carbocycles. The average Bonchev–Trinajstić information content (AvgIpc) is 2.17. The SMILES string of the molecule is COCC(CN)Nc1cc(C)ncn1. The van der Waals surface area contributed by atoms with Gasteiger partial charge in [-0.3, -0.25) is 0 Å². The number of nitrogens with zero attached hydrogens (tertiary/aromatic N) is 2. The maximum absolute atomic E-state index is 5.56. The van der Waals surface area contributed by atoms with E-state index in [2.05, 4.69) is 15.3 Å². The third-order valence-electron chi connectivity index (χ3n) is 1.81. The van der Waals surface area contributed by atoms with Crippen molar-refractivity contribution in [3.8, 4) is 0 Å². The molecule has 0 aromatic carbocycles. The van der Waals surface area contributed by atoms with E-state index >= 15 is 0 Å². The Bertz CT molecular complexity index is 279. The molecule has 0 saturated heterocycles. The largest absolute Gasteiger partial charge is 0.383 e. The lowest BCUT2D eigenvalue weighted by Gasteiger charge is -2.16. The summed E-state index contributed by atoms with van der Waals surface area (Å²) < 4.78 is 5.01. The van der Waals surface area contributed by atoms with Gasteiger partial charge in [0.25, 0.3) is 0 Å². The number of nitrogens with one attached hydrogen (secondary N) is 1. The van der Waals surface area contributed by atoms with E-state index in [1.807, 2.05) is 13.0 Å². The zero-order chi connectivity index (χ0) is 10.4. The highest BCUT2D eigenvalue weighted by atomic mass is 16.5. The molecule has 0 fully saturated rings. The highest BCUT2D eigenvalue weighted by molar-refractivity contribution is 5.35. The van der Waals surface area contributed by atoms with Crippen LogP contribution in [0.2, 0.25) is 0 Å². The van der Waals surface area contributed by atoms with E-state index < -0.39 is 0 Å². The summed E-state index contributed by atoms with van der Waals surface area (Å²) in [5, 5.41) is 3.17. The van der Waals surface area contributed by atoms with Gasteiger partial charge in [0, 0.05) is 25.4 Å². The Morgan fingerprint density at radius 1 is 1.57 bits per heavy atom. The standard InChI is InChI=1S/C9H16N4O/c1-7-3-9(12-6-11-7)13-8(4-10)5-14-2/h3,6,8H,4-5,10H2,1-2H3,(H,11,12,13). The number of ether oxygens (including phenoxy) is 1. The van der Waals surface area contributed by atoms with Crippen LogP contribution in [-0.4, -0.2) is 36.3 Å². The zero-order valence-electron chi connectivity index (χ0n) is 8.53. The molecule has 1 aromatic rings. The van der Waals surface area contributed by atoms with Crippen LogP contribution in [0.1, 0.15) is 5.69 Å². The monoisotopic (exact) mass is 196 g/mol. The summed E-state index contributed by atoms with van der Waals surface area (Å²) in [6.07, 6.45) is 1.53. The first-order chi connectivity index (χ1) is 6.76. The van der Waals surface area contributed by atoms with Crippen molar-refractivity contribution in [3.05, 3.63) is 18.1 Å². The summed E-state index contributed by atoms with van der Waals surface area (Å²) in [7, 11) is 1.65. The summed E-state index contributed by atoms with van der Waals surface area (Å²) in [5.41, 5.74) is 6.49. The van der Waals surface area contributed by atoms with Crippen LogP contribution in [0.3, 0.4) is 0 Å². The topological polar surface area (TPSA) is 73.1 Å². The maximum atomic E-state index is 5.56. The van der Waals surface area contributed by atoms with E-state index in [0.29, 0.717) is 13.2 Å². The highest BCUT2D eigenvalue weighted by Gasteiger charge is 2.06. The summed E-state index contributed by atoms with van der Waals surface area (Å²) in [6, 6.07) is 1.97. The molecule has 0 saturated carbocycles. The Balaban J connectivity index is 2.57. The van der Waals surface area contributed by atoms with E-state index in [9.17, 15) is 0 Å². The van der Waals surface area contributed by atoms with Crippen molar-refractivity contribution in [1.29, 1.82) is 0 Å². The minimum Gasteiger partial charge on any atom is -0.383 e. The molecule has 0 bridgehead atoms. The van der Waals surface area contributed by atoms with E-state index in [-0.39, 0.29) is 6.04 Å². The molecule has 0 radical (unpaired) electrons. The van der Waals surface area contributed by atoms with Gasteiger partial charge in [0.15, 0.2) is 0 Å². The van der Waals surface area contributed by atoms with Crippen molar-refractivity contribution in [2.45, 2.75) is 13.0 Å².